The van der Waals surface area contributed by atoms with Crippen LogP contribution in [0.2, 0.25) is 0 Å². The highest BCUT2D eigenvalue weighted by molar-refractivity contribution is 5.96. The molecule has 0 spiro atoms. The lowest BCUT2D eigenvalue weighted by molar-refractivity contribution is -0.133. The predicted molar refractivity (Wildman–Crippen MR) is 82.5 cm³/mol. The van der Waals surface area contributed by atoms with Crippen LogP contribution in [0.15, 0.2) is 24.3 Å². The first-order chi connectivity index (χ1) is 11.1. The Morgan fingerprint density at radius 1 is 1.17 bits per heavy atom. The van der Waals surface area contributed by atoms with Crippen molar-refractivity contribution >= 4 is 17.6 Å². The third-order valence-corrected chi connectivity index (χ3v) is 4.38. The van der Waals surface area contributed by atoms with E-state index in [0.29, 0.717) is 39.0 Å². The Bertz CT molecular complexity index is 602. The van der Waals surface area contributed by atoms with Crippen LogP contribution in [-0.4, -0.2) is 65.7 Å². The number of carbonyl (C=O) groups is 2. The van der Waals surface area contributed by atoms with Crippen LogP contribution in [0.1, 0.15) is 12.8 Å². The number of likely N-dealkylation sites (tertiary alicyclic amines) is 1. The van der Waals surface area contributed by atoms with Crippen LogP contribution in [-0.2, 0) is 4.79 Å². The highest BCUT2D eigenvalue weighted by atomic mass is 19.1. The zero-order chi connectivity index (χ0) is 16.4. The lowest BCUT2D eigenvalue weighted by Gasteiger charge is -2.30. The summed E-state index contributed by atoms with van der Waals surface area (Å²) in [7, 11) is 0. The molecule has 0 radical (unpaired) electrons. The van der Waals surface area contributed by atoms with Crippen LogP contribution in [0.4, 0.5) is 14.9 Å². The number of hydrogen-bond donors (Lipinski definition) is 1. The van der Waals surface area contributed by atoms with E-state index in [1.165, 1.54) is 15.9 Å². The number of halogens is 1. The first-order valence-electron chi connectivity index (χ1n) is 7.83. The van der Waals surface area contributed by atoms with Gasteiger partial charge in [-0.25, -0.2) is 9.18 Å². The number of piperidine rings is 1. The standard InChI is InChI=1S/C16H20FN3O3/c17-13-3-1-2-4-14(13)20-10-9-19(16(20)23)11-15(22)18-7-5-12(21)6-8-18/h1-4,12,21H,5-11H2. The summed E-state index contributed by atoms with van der Waals surface area (Å²) >= 11 is 0. The van der Waals surface area contributed by atoms with Gasteiger partial charge in [-0.3, -0.25) is 9.69 Å². The molecular formula is C16H20FN3O3. The van der Waals surface area contributed by atoms with Gasteiger partial charge in [0.1, 0.15) is 12.4 Å². The van der Waals surface area contributed by atoms with Gasteiger partial charge in [0, 0.05) is 26.2 Å². The fourth-order valence-corrected chi connectivity index (χ4v) is 3.00. The molecule has 2 aliphatic heterocycles. The number of anilines is 1. The topological polar surface area (TPSA) is 64.1 Å². The van der Waals surface area contributed by atoms with Gasteiger partial charge in [0.15, 0.2) is 0 Å². The minimum absolute atomic E-state index is 0.000118. The quantitative estimate of drug-likeness (QED) is 0.905. The summed E-state index contributed by atoms with van der Waals surface area (Å²) in [5, 5.41) is 9.48. The lowest BCUT2D eigenvalue weighted by Crippen LogP contribution is -2.46. The molecule has 0 saturated carbocycles. The number of carbonyl (C=O) groups excluding carboxylic acids is 2. The smallest absolute Gasteiger partial charge is 0.325 e. The van der Waals surface area contributed by atoms with Crippen LogP contribution < -0.4 is 4.90 Å². The van der Waals surface area contributed by atoms with Crippen LogP contribution in [0.3, 0.4) is 0 Å². The second-order valence-electron chi connectivity index (χ2n) is 5.92. The SMILES string of the molecule is O=C(CN1CCN(c2ccccc2F)C1=O)N1CCC(O)CC1. The van der Waals surface area contributed by atoms with Gasteiger partial charge in [-0.05, 0) is 25.0 Å². The molecule has 2 heterocycles. The van der Waals surface area contributed by atoms with Crippen molar-refractivity contribution in [3.63, 3.8) is 0 Å². The second-order valence-corrected chi connectivity index (χ2v) is 5.92. The van der Waals surface area contributed by atoms with E-state index in [1.807, 2.05) is 0 Å². The Kier molecular flexibility index (Phi) is 4.47. The maximum atomic E-state index is 13.8. The van der Waals surface area contributed by atoms with Gasteiger partial charge >= 0.3 is 6.03 Å². The van der Waals surface area contributed by atoms with Gasteiger partial charge < -0.3 is 14.9 Å². The average molecular weight is 321 g/mol. The van der Waals surface area contributed by atoms with E-state index in [9.17, 15) is 19.1 Å². The molecule has 3 amide bonds. The van der Waals surface area contributed by atoms with E-state index >= 15 is 0 Å². The first-order valence-corrected chi connectivity index (χ1v) is 7.83. The number of benzene rings is 1. The molecule has 1 N–H and O–H groups in total. The number of urea groups is 1. The van der Waals surface area contributed by atoms with Crippen LogP contribution in [0.5, 0.6) is 0 Å². The second kappa shape index (κ2) is 6.54. The summed E-state index contributed by atoms with van der Waals surface area (Å²) in [6.45, 7) is 1.79. The molecule has 23 heavy (non-hydrogen) atoms. The Morgan fingerprint density at radius 2 is 1.87 bits per heavy atom. The fourth-order valence-electron chi connectivity index (χ4n) is 3.00. The predicted octanol–water partition coefficient (Wildman–Crippen LogP) is 1.05. The molecular weight excluding hydrogens is 301 g/mol. The summed E-state index contributed by atoms with van der Waals surface area (Å²) in [5.41, 5.74) is 0.244. The molecule has 124 valence electrons. The number of nitrogens with zero attached hydrogens (tertiary/aromatic N) is 3. The minimum atomic E-state index is -0.445. The molecule has 0 bridgehead atoms. The van der Waals surface area contributed by atoms with Crippen LogP contribution in [0, 0.1) is 5.82 Å². The Hall–Kier alpha value is -2.15. The minimum Gasteiger partial charge on any atom is -0.393 e. The van der Waals surface area contributed by atoms with Crippen molar-refractivity contribution in [2.45, 2.75) is 18.9 Å². The largest absolute Gasteiger partial charge is 0.393 e. The van der Waals surface area contributed by atoms with Gasteiger partial charge in [0.2, 0.25) is 5.91 Å². The molecule has 6 nitrogen and oxygen atoms in total. The number of amides is 3. The van der Waals surface area contributed by atoms with Crippen molar-refractivity contribution < 1.29 is 19.1 Å². The van der Waals surface area contributed by atoms with Crippen molar-refractivity contribution in [2.24, 2.45) is 0 Å². The highest BCUT2D eigenvalue weighted by Gasteiger charge is 2.33. The summed E-state index contributed by atoms with van der Waals surface area (Å²) in [5.74, 6) is -0.570. The molecule has 0 aliphatic carbocycles. The van der Waals surface area contributed by atoms with Gasteiger partial charge in [-0.1, -0.05) is 12.1 Å². The van der Waals surface area contributed by atoms with Gasteiger partial charge in [0.05, 0.1) is 11.8 Å². The molecule has 2 saturated heterocycles. The van der Waals surface area contributed by atoms with Crippen molar-refractivity contribution in [2.75, 3.05) is 37.6 Å². The van der Waals surface area contributed by atoms with E-state index < -0.39 is 5.82 Å². The Labute approximate surface area is 134 Å². The normalized spacial score (nSPS) is 19.6. The van der Waals surface area contributed by atoms with Gasteiger partial charge in [0.25, 0.3) is 0 Å². The van der Waals surface area contributed by atoms with E-state index in [0.717, 1.165) is 0 Å². The molecule has 2 fully saturated rings. The van der Waals surface area contributed by atoms with Crippen LogP contribution in [0.25, 0.3) is 0 Å². The fraction of sp³-hybridized carbons (Fsp3) is 0.500. The van der Waals surface area contributed by atoms with Crippen molar-refractivity contribution in [3.8, 4) is 0 Å². The van der Waals surface area contributed by atoms with E-state index in [1.54, 1.807) is 23.1 Å². The molecule has 2 aliphatic rings. The van der Waals surface area contributed by atoms with Crippen molar-refractivity contribution in [3.05, 3.63) is 30.1 Å². The maximum Gasteiger partial charge on any atom is 0.325 e. The number of aliphatic hydroxyl groups excluding tert-OH is 1. The number of hydrogen-bond acceptors (Lipinski definition) is 3. The molecule has 1 aromatic rings. The average Bonchev–Trinajstić information content (AvgIpc) is 2.89. The Morgan fingerprint density at radius 3 is 2.57 bits per heavy atom. The van der Waals surface area contributed by atoms with E-state index in [4.69, 9.17) is 0 Å². The van der Waals surface area contributed by atoms with E-state index in [-0.39, 0.29) is 30.3 Å². The van der Waals surface area contributed by atoms with Gasteiger partial charge in [-0.2, -0.15) is 0 Å². The molecule has 7 heteroatoms. The number of para-hydroxylation sites is 1. The maximum absolute atomic E-state index is 13.8. The molecule has 1 aromatic carbocycles. The number of aliphatic hydroxyl groups is 1. The third kappa shape index (κ3) is 3.29. The van der Waals surface area contributed by atoms with E-state index in [2.05, 4.69) is 0 Å². The third-order valence-electron chi connectivity index (χ3n) is 4.38. The highest BCUT2D eigenvalue weighted by Crippen LogP contribution is 2.23. The van der Waals surface area contributed by atoms with Crippen molar-refractivity contribution in [1.82, 2.24) is 9.80 Å². The molecule has 0 unspecified atom stereocenters. The summed E-state index contributed by atoms with van der Waals surface area (Å²) in [6, 6.07) is 5.78. The summed E-state index contributed by atoms with van der Waals surface area (Å²) < 4.78 is 13.8. The molecule has 3 rings (SSSR count). The number of rotatable bonds is 3. The summed E-state index contributed by atoms with van der Waals surface area (Å²) in [4.78, 5) is 29.2. The monoisotopic (exact) mass is 321 g/mol. The Balaban J connectivity index is 1.61. The van der Waals surface area contributed by atoms with Crippen molar-refractivity contribution in [1.29, 1.82) is 0 Å². The van der Waals surface area contributed by atoms with Gasteiger partial charge in [-0.15, -0.1) is 0 Å². The molecule has 0 aromatic heterocycles. The lowest BCUT2D eigenvalue weighted by atomic mass is 10.1. The summed E-state index contributed by atoms with van der Waals surface area (Å²) in [6.07, 6.45) is 0.797. The van der Waals surface area contributed by atoms with Crippen LogP contribution >= 0.6 is 0 Å². The zero-order valence-corrected chi connectivity index (χ0v) is 12.8. The molecule has 0 atom stereocenters. The first kappa shape index (κ1) is 15.7. The zero-order valence-electron chi connectivity index (χ0n) is 12.8.